The van der Waals surface area contributed by atoms with Crippen molar-refractivity contribution in [2.24, 2.45) is 11.7 Å². The van der Waals surface area contributed by atoms with E-state index in [1.54, 1.807) is 26.0 Å². The van der Waals surface area contributed by atoms with Gasteiger partial charge in [-0.05, 0) is 50.8 Å². The van der Waals surface area contributed by atoms with E-state index in [0.717, 1.165) is 0 Å². The van der Waals surface area contributed by atoms with Crippen LogP contribution in [0.4, 0.5) is 0 Å². The summed E-state index contributed by atoms with van der Waals surface area (Å²) < 4.78 is 0. The van der Waals surface area contributed by atoms with E-state index in [1.807, 2.05) is 0 Å². The Balaban J connectivity index is 0.000000273. The minimum atomic E-state index is -0.629. The third-order valence-electron chi connectivity index (χ3n) is 4.68. The first-order valence-corrected chi connectivity index (χ1v) is 9.46. The maximum Gasteiger partial charge on any atom is 0.269 e. The number of nitrogens with zero attached hydrogens (tertiary/aromatic N) is 2. The van der Waals surface area contributed by atoms with Gasteiger partial charge in [-0.25, -0.2) is 4.98 Å². The minimum absolute atomic E-state index is 0.0155. The quantitative estimate of drug-likeness (QED) is 0.737. The molecule has 2 aromatic rings. The number of carbonyl (C=O) groups is 1. The van der Waals surface area contributed by atoms with Gasteiger partial charge in [-0.2, -0.15) is 0 Å². The third kappa shape index (κ3) is 5.65. The predicted octanol–water partition coefficient (Wildman–Crippen LogP) is 3.78. The van der Waals surface area contributed by atoms with Gasteiger partial charge in [0.25, 0.3) is 5.91 Å². The van der Waals surface area contributed by atoms with E-state index in [1.165, 1.54) is 38.2 Å². The second-order valence-corrected chi connectivity index (χ2v) is 7.22. The molecule has 6 nitrogen and oxygen atoms in total. The van der Waals surface area contributed by atoms with Gasteiger partial charge in [0.05, 0.1) is 22.1 Å². The largest absolute Gasteiger partial charge is 0.506 e. The number of aliphatic hydroxyl groups is 1. The van der Waals surface area contributed by atoms with Gasteiger partial charge in [0.2, 0.25) is 0 Å². The number of phenolic OH excluding ortho intramolecular Hbond substituents is 1. The van der Waals surface area contributed by atoms with Crippen LogP contribution in [-0.2, 0) is 0 Å². The Morgan fingerprint density at radius 2 is 1.85 bits per heavy atom. The monoisotopic (exact) mass is 391 g/mol. The molecule has 0 saturated heterocycles. The van der Waals surface area contributed by atoms with E-state index in [2.05, 4.69) is 9.97 Å². The molecule has 27 heavy (non-hydrogen) atoms. The summed E-state index contributed by atoms with van der Waals surface area (Å²) in [6.45, 7) is 3.87. The maximum atomic E-state index is 11.3. The summed E-state index contributed by atoms with van der Waals surface area (Å²) in [5.41, 5.74) is 7.71. The maximum absolute atomic E-state index is 11.3. The molecule has 1 fully saturated rings. The Morgan fingerprint density at radius 3 is 2.37 bits per heavy atom. The molecule has 1 heterocycles. The van der Waals surface area contributed by atoms with Crippen molar-refractivity contribution < 1.29 is 15.0 Å². The lowest BCUT2D eigenvalue weighted by Gasteiger charge is -2.18. The second-order valence-electron chi connectivity index (χ2n) is 6.81. The van der Waals surface area contributed by atoms with E-state index in [9.17, 15) is 9.90 Å². The molecule has 1 aliphatic carbocycles. The van der Waals surface area contributed by atoms with Gasteiger partial charge in [-0.3, -0.25) is 9.78 Å². The zero-order valence-electron chi connectivity index (χ0n) is 15.7. The Hall–Kier alpha value is -2.18. The molecule has 0 radical (unpaired) electrons. The smallest absolute Gasteiger partial charge is 0.269 e. The Bertz CT molecular complexity index is 805. The Kier molecular flexibility index (Phi) is 7.56. The molecular formula is C20H26ClN3O3. The van der Waals surface area contributed by atoms with Crippen LogP contribution < -0.4 is 5.73 Å². The van der Waals surface area contributed by atoms with Crippen molar-refractivity contribution in [2.75, 3.05) is 6.61 Å². The zero-order chi connectivity index (χ0) is 20.0. The number of hydrogen-bond acceptors (Lipinski definition) is 5. The van der Waals surface area contributed by atoms with E-state index < -0.39 is 5.91 Å². The molecule has 146 valence electrons. The predicted molar refractivity (Wildman–Crippen MR) is 106 cm³/mol. The fourth-order valence-corrected chi connectivity index (χ4v) is 3.34. The van der Waals surface area contributed by atoms with Gasteiger partial charge in [0.1, 0.15) is 11.4 Å². The van der Waals surface area contributed by atoms with Gasteiger partial charge in [0, 0.05) is 12.2 Å². The minimum Gasteiger partial charge on any atom is -0.506 e. The summed E-state index contributed by atoms with van der Waals surface area (Å²) in [4.78, 5) is 19.8. The van der Waals surface area contributed by atoms with Crippen molar-refractivity contribution in [3.63, 3.8) is 0 Å². The lowest BCUT2D eigenvalue weighted by molar-refractivity contribution is 0.0994. The molecule has 1 amide bonds. The normalized spacial score (nSPS) is 14.4. The Labute approximate surface area is 164 Å². The van der Waals surface area contributed by atoms with Crippen molar-refractivity contribution in [2.45, 2.75) is 46.0 Å². The Morgan fingerprint density at radius 1 is 1.19 bits per heavy atom. The lowest BCUT2D eigenvalue weighted by Crippen LogP contribution is -2.17. The number of rotatable bonds is 3. The van der Waals surface area contributed by atoms with Crippen LogP contribution in [0.5, 0.6) is 5.75 Å². The number of primary amides is 1. The highest BCUT2D eigenvalue weighted by atomic mass is 35.5. The summed E-state index contributed by atoms with van der Waals surface area (Å²) in [5.74, 6) is -0.00172. The van der Waals surface area contributed by atoms with E-state index >= 15 is 0 Å². The van der Waals surface area contributed by atoms with Crippen molar-refractivity contribution in [1.29, 1.82) is 0 Å². The molecule has 0 atom stereocenters. The number of carbonyl (C=O) groups excluding carboxylic acids is 1. The number of halogens is 1. The summed E-state index contributed by atoms with van der Waals surface area (Å²) in [5, 5.41) is 18.3. The highest BCUT2D eigenvalue weighted by Gasteiger charge is 2.14. The van der Waals surface area contributed by atoms with E-state index in [4.69, 9.17) is 22.4 Å². The number of aryl methyl sites for hydroxylation is 2. The van der Waals surface area contributed by atoms with Crippen LogP contribution in [0.1, 0.15) is 54.0 Å². The number of amides is 1. The van der Waals surface area contributed by atoms with Gasteiger partial charge in [-0.1, -0.05) is 30.9 Å². The summed E-state index contributed by atoms with van der Waals surface area (Å²) >= 11 is 5.86. The first-order chi connectivity index (χ1) is 12.8. The van der Waals surface area contributed by atoms with Crippen LogP contribution in [0.3, 0.4) is 0 Å². The standard InChI is InChI=1S/C13H12ClN3O2.C7H14O/c1-6-11(8-3-4-10(18)9(14)5-8)17-12(13(15)19)7(2)16-6;8-6-7-4-2-1-3-5-7/h3-5,18H,1-2H3,(H2,15,19);7-8H,1-6H2. The first kappa shape index (κ1) is 21.1. The molecule has 1 saturated carbocycles. The lowest BCUT2D eigenvalue weighted by atomic mass is 9.90. The van der Waals surface area contributed by atoms with E-state index in [-0.39, 0.29) is 16.5 Å². The topological polar surface area (TPSA) is 109 Å². The zero-order valence-corrected chi connectivity index (χ0v) is 16.5. The fourth-order valence-electron chi connectivity index (χ4n) is 3.16. The molecule has 4 N–H and O–H groups in total. The fraction of sp³-hybridized carbons (Fsp3) is 0.450. The summed E-state index contributed by atoms with van der Waals surface area (Å²) in [6.07, 6.45) is 6.58. The highest BCUT2D eigenvalue weighted by Crippen LogP contribution is 2.30. The van der Waals surface area contributed by atoms with Crippen molar-refractivity contribution in [1.82, 2.24) is 9.97 Å². The number of nitrogens with two attached hydrogens (primary N) is 1. The number of benzene rings is 1. The number of aromatic hydroxyl groups is 1. The molecule has 1 aromatic carbocycles. The average Bonchev–Trinajstić information content (AvgIpc) is 2.65. The second kappa shape index (κ2) is 9.67. The molecular weight excluding hydrogens is 366 g/mol. The summed E-state index contributed by atoms with van der Waals surface area (Å²) in [7, 11) is 0. The molecule has 0 bridgehead atoms. The molecule has 0 aliphatic heterocycles. The third-order valence-corrected chi connectivity index (χ3v) is 4.98. The van der Waals surface area contributed by atoms with Crippen LogP contribution in [0.25, 0.3) is 11.3 Å². The van der Waals surface area contributed by atoms with Crippen LogP contribution >= 0.6 is 11.6 Å². The number of hydrogen-bond donors (Lipinski definition) is 3. The van der Waals surface area contributed by atoms with Crippen LogP contribution in [0.2, 0.25) is 5.02 Å². The molecule has 0 unspecified atom stereocenters. The average molecular weight is 392 g/mol. The molecule has 0 spiro atoms. The van der Waals surface area contributed by atoms with Crippen molar-refractivity contribution >= 4 is 17.5 Å². The van der Waals surface area contributed by atoms with Gasteiger partial charge >= 0.3 is 0 Å². The SMILES string of the molecule is Cc1nc(C)c(-c2ccc(O)c(Cl)c2)nc1C(N)=O.OCC1CCCCC1. The van der Waals surface area contributed by atoms with Gasteiger partial charge in [0.15, 0.2) is 0 Å². The number of phenols is 1. The molecule has 1 aliphatic rings. The molecule has 1 aromatic heterocycles. The molecule has 7 heteroatoms. The van der Waals surface area contributed by atoms with Crippen LogP contribution in [0.15, 0.2) is 18.2 Å². The summed E-state index contributed by atoms with van der Waals surface area (Å²) in [6, 6.07) is 4.68. The number of aromatic nitrogens is 2. The van der Waals surface area contributed by atoms with Gasteiger partial charge < -0.3 is 15.9 Å². The molecule has 3 rings (SSSR count). The van der Waals surface area contributed by atoms with Crippen LogP contribution in [0, 0.1) is 19.8 Å². The van der Waals surface area contributed by atoms with E-state index in [0.29, 0.717) is 35.2 Å². The first-order valence-electron chi connectivity index (χ1n) is 9.08. The van der Waals surface area contributed by atoms with Crippen LogP contribution in [-0.4, -0.2) is 32.7 Å². The van der Waals surface area contributed by atoms with Crippen molar-refractivity contribution in [3.8, 4) is 17.0 Å². The number of aliphatic hydroxyl groups excluding tert-OH is 1. The van der Waals surface area contributed by atoms with Crippen molar-refractivity contribution in [3.05, 3.63) is 40.3 Å². The van der Waals surface area contributed by atoms with Gasteiger partial charge in [-0.15, -0.1) is 0 Å². The highest BCUT2D eigenvalue weighted by molar-refractivity contribution is 6.32.